The van der Waals surface area contributed by atoms with Crippen LogP contribution in [0.25, 0.3) is 0 Å². The molecule has 2 atom stereocenters. The van der Waals surface area contributed by atoms with Crippen LogP contribution >= 0.6 is 0 Å². The molecular weight excluding hydrogens is 228 g/mol. The molecule has 0 aliphatic heterocycles. The van der Waals surface area contributed by atoms with Gasteiger partial charge in [0.25, 0.3) is 0 Å². The van der Waals surface area contributed by atoms with Crippen LogP contribution in [0.1, 0.15) is 33.1 Å². The third-order valence-electron chi connectivity index (χ3n) is 4.21. The normalized spacial score (nSPS) is 27.7. The summed E-state index contributed by atoms with van der Waals surface area (Å²) >= 11 is 0. The van der Waals surface area contributed by atoms with Gasteiger partial charge in [-0.1, -0.05) is 13.8 Å². The van der Waals surface area contributed by atoms with Crippen LogP contribution in [0.3, 0.4) is 0 Å². The van der Waals surface area contributed by atoms with Crippen LogP contribution in [0.4, 0.5) is 0 Å². The highest BCUT2D eigenvalue weighted by molar-refractivity contribution is 4.89. The van der Waals surface area contributed by atoms with Crippen LogP contribution in [-0.2, 0) is 0 Å². The number of aliphatic hydroxyl groups is 2. The smallest absolute Gasteiger partial charge is 0.0558 e. The third kappa shape index (κ3) is 4.84. The second-order valence-electron chi connectivity index (χ2n) is 6.31. The summed E-state index contributed by atoms with van der Waals surface area (Å²) < 4.78 is 0. The molecule has 18 heavy (non-hydrogen) atoms. The van der Waals surface area contributed by atoms with E-state index in [1.807, 2.05) is 7.05 Å². The number of nitrogens with zero attached hydrogens (tertiary/aromatic N) is 1. The quantitative estimate of drug-likeness (QED) is 0.629. The third-order valence-corrected chi connectivity index (χ3v) is 4.21. The van der Waals surface area contributed by atoms with Gasteiger partial charge in [0.15, 0.2) is 0 Å². The highest BCUT2D eigenvalue weighted by atomic mass is 16.3. The summed E-state index contributed by atoms with van der Waals surface area (Å²) in [5, 5.41) is 21.6. The minimum Gasteiger partial charge on any atom is -0.395 e. The van der Waals surface area contributed by atoms with Crippen LogP contribution in [0.15, 0.2) is 0 Å². The molecule has 3 N–H and O–H groups in total. The van der Waals surface area contributed by atoms with Crippen molar-refractivity contribution in [3.05, 3.63) is 0 Å². The summed E-state index contributed by atoms with van der Waals surface area (Å²) in [6, 6.07) is 0.568. The molecule has 1 fully saturated rings. The first-order valence-electron chi connectivity index (χ1n) is 7.13. The Morgan fingerprint density at radius 2 is 1.83 bits per heavy atom. The van der Waals surface area contributed by atoms with Crippen LogP contribution in [0, 0.1) is 11.3 Å². The highest BCUT2D eigenvalue weighted by Gasteiger charge is 2.34. The second kappa shape index (κ2) is 7.43. The van der Waals surface area contributed by atoms with Gasteiger partial charge >= 0.3 is 0 Å². The van der Waals surface area contributed by atoms with E-state index >= 15 is 0 Å². The van der Waals surface area contributed by atoms with E-state index < -0.39 is 0 Å². The van der Waals surface area contributed by atoms with E-state index in [9.17, 15) is 0 Å². The summed E-state index contributed by atoms with van der Waals surface area (Å²) in [4.78, 5) is 2.18. The summed E-state index contributed by atoms with van der Waals surface area (Å²) in [6.07, 6.45) is 3.71. The van der Waals surface area contributed by atoms with Gasteiger partial charge in [0, 0.05) is 25.7 Å². The first-order chi connectivity index (χ1) is 8.52. The lowest BCUT2D eigenvalue weighted by molar-refractivity contribution is 0.0843. The molecule has 4 nitrogen and oxygen atoms in total. The van der Waals surface area contributed by atoms with Crippen molar-refractivity contribution in [1.29, 1.82) is 0 Å². The predicted octanol–water partition coefficient (Wildman–Crippen LogP) is 0.687. The van der Waals surface area contributed by atoms with Crippen molar-refractivity contribution in [2.24, 2.45) is 11.3 Å². The van der Waals surface area contributed by atoms with Crippen LogP contribution in [0.2, 0.25) is 0 Å². The van der Waals surface area contributed by atoms with E-state index in [2.05, 4.69) is 24.1 Å². The van der Waals surface area contributed by atoms with Gasteiger partial charge in [0.1, 0.15) is 0 Å². The maximum Gasteiger partial charge on any atom is 0.0558 e. The van der Waals surface area contributed by atoms with Crippen molar-refractivity contribution >= 4 is 0 Å². The van der Waals surface area contributed by atoms with Gasteiger partial charge in [-0.05, 0) is 37.6 Å². The molecule has 2 unspecified atom stereocenters. The Balaban J connectivity index is 2.58. The topological polar surface area (TPSA) is 55.7 Å². The number of hydrogen-bond donors (Lipinski definition) is 3. The summed E-state index contributed by atoms with van der Waals surface area (Å²) in [5.74, 6) is 0.608. The molecule has 4 heteroatoms. The van der Waals surface area contributed by atoms with Crippen molar-refractivity contribution in [2.75, 3.05) is 39.9 Å². The van der Waals surface area contributed by atoms with E-state index in [1.54, 1.807) is 0 Å². The van der Waals surface area contributed by atoms with Crippen LogP contribution in [0.5, 0.6) is 0 Å². The van der Waals surface area contributed by atoms with Gasteiger partial charge in [0.05, 0.1) is 13.2 Å². The number of nitrogens with one attached hydrogen (secondary N) is 1. The molecule has 1 aliphatic rings. The minimum absolute atomic E-state index is 0.167. The highest BCUT2D eigenvalue weighted by Crippen LogP contribution is 2.38. The molecule has 0 spiro atoms. The lowest BCUT2D eigenvalue weighted by Gasteiger charge is -2.42. The van der Waals surface area contributed by atoms with Gasteiger partial charge in [-0.25, -0.2) is 0 Å². The Morgan fingerprint density at radius 3 is 2.33 bits per heavy atom. The largest absolute Gasteiger partial charge is 0.395 e. The lowest BCUT2D eigenvalue weighted by atomic mass is 9.69. The zero-order chi connectivity index (χ0) is 13.6. The Hall–Kier alpha value is -0.160. The Bertz CT molecular complexity index is 228. The van der Waals surface area contributed by atoms with Gasteiger partial charge in [-0.2, -0.15) is 0 Å². The molecule has 1 rings (SSSR count). The fourth-order valence-corrected chi connectivity index (χ4v) is 3.22. The molecule has 0 aromatic heterocycles. The first-order valence-corrected chi connectivity index (χ1v) is 7.13. The van der Waals surface area contributed by atoms with Gasteiger partial charge in [-0.15, -0.1) is 0 Å². The van der Waals surface area contributed by atoms with Gasteiger partial charge in [0.2, 0.25) is 0 Å². The van der Waals surface area contributed by atoms with E-state index in [-0.39, 0.29) is 13.2 Å². The molecule has 0 aromatic rings. The Kier molecular flexibility index (Phi) is 6.57. The summed E-state index contributed by atoms with van der Waals surface area (Å²) in [5.41, 5.74) is 0.419. The van der Waals surface area contributed by atoms with E-state index in [0.29, 0.717) is 30.5 Å². The fourth-order valence-electron chi connectivity index (χ4n) is 3.22. The Labute approximate surface area is 111 Å². The monoisotopic (exact) mass is 258 g/mol. The number of hydrogen-bond acceptors (Lipinski definition) is 4. The van der Waals surface area contributed by atoms with E-state index in [4.69, 9.17) is 10.2 Å². The Morgan fingerprint density at radius 1 is 1.22 bits per heavy atom. The minimum atomic E-state index is 0.167. The van der Waals surface area contributed by atoms with Gasteiger partial charge in [-0.3, -0.25) is 4.90 Å². The summed E-state index contributed by atoms with van der Waals surface area (Å²) in [7, 11) is 2.04. The van der Waals surface area contributed by atoms with E-state index in [1.165, 1.54) is 19.3 Å². The molecule has 0 saturated heterocycles. The molecular formula is C14H30N2O2. The maximum absolute atomic E-state index is 9.08. The van der Waals surface area contributed by atoms with Crippen LogP contribution in [-0.4, -0.2) is 61.1 Å². The number of aliphatic hydroxyl groups excluding tert-OH is 2. The van der Waals surface area contributed by atoms with Crippen molar-refractivity contribution in [1.82, 2.24) is 10.2 Å². The van der Waals surface area contributed by atoms with E-state index in [0.717, 1.165) is 6.54 Å². The fraction of sp³-hybridized carbons (Fsp3) is 1.00. The average molecular weight is 258 g/mol. The molecule has 0 heterocycles. The molecule has 1 aliphatic carbocycles. The average Bonchev–Trinajstić information content (AvgIpc) is 2.29. The van der Waals surface area contributed by atoms with Crippen molar-refractivity contribution in [2.45, 2.75) is 39.2 Å². The standard InChI is InChI=1S/C14H30N2O2/c1-14(2)5-4-13(15-3)12(10-14)11-16(6-8-17)7-9-18/h12-13,15,17-18H,4-11H2,1-3H3. The molecule has 0 aromatic carbocycles. The lowest BCUT2D eigenvalue weighted by Crippen LogP contribution is -2.47. The molecule has 0 bridgehead atoms. The molecule has 1 saturated carbocycles. The SMILES string of the molecule is CNC1CCC(C)(C)CC1CN(CCO)CCO. The predicted molar refractivity (Wildman–Crippen MR) is 74.6 cm³/mol. The van der Waals surface area contributed by atoms with Crippen LogP contribution < -0.4 is 5.32 Å². The van der Waals surface area contributed by atoms with Crippen molar-refractivity contribution in [3.63, 3.8) is 0 Å². The zero-order valence-electron chi connectivity index (χ0n) is 12.2. The van der Waals surface area contributed by atoms with Crippen molar-refractivity contribution in [3.8, 4) is 0 Å². The summed E-state index contributed by atoms with van der Waals surface area (Å²) in [6.45, 7) is 7.31. The molecule has 0 radical (unpaired) electrons. The van der Waals surface area contributed by atoms with Crippen molar-refractivity contribution < 1.29 is 10.2 Å². The molecule has 0 amide bonds. The number of rotatable bonds is 7. The molecule has 108 valence electrons. The van der Waals surface area contributed by atoms with Gasteiger partial charge < -0.3 is 15.5 Å². The zero-order valence-corrected chi connectivity index (χ0v) is 12.2. The second-order valence-corrected chi connectivity index (χ2v) is 6.31. The first kappa shape index (κ1) is 15.9. The maximum atomic E-state index is 9.08.